The first-order chi connectivity index (χ1) is 41.4. The first-order valence-electron chi connectivity index (χ1n) is 36.3. The molecule has 0 spiro atoms. The number of esters is 1. The summed E-state index contributed by atoms with van der Waals surface area (Å²) in [5.74, 6) is -0.500. The Morgan fingerprint density at radius 1 is 0.412 bits per heavy atom. The smallest absolute Gasteiger partial charge is 0.456 e. The molecule has 3 unspecified atom stereocenters. The van der Waals surface area contributed by atoms with Crippen LogP contribution in [0.15, 0.2) is 72.9 Å². The van der Waals surface area contributed by atoms with Crippen molar-refractivity contribution in [3.8, 4) is 0 Å². The normalized spacial score (nSPS) is 13.9. The molecule has 10 heteroatoms. The van der Waals surface area contributed by atoms with Crippen LogP contribution in [0.25, 0.3) is 0 Å². The van der Waals surface area contributed by atoms with Crippen LogP contribution < -0.4 is 5.32 Å². The van der Waals surface area contributed by atoms with E-state index in [0.717, 1.165) is 77.0 Å². The summed E-state index contributed by atoms with van der Waals surface area (Å²) in [6.07, 6.45) is 84.8. The Kier molecular flexibility index (Phi) is 62.5. The van der Waals surface area contributed by atoms with Crippen molar-refractivity contribution in [3.05, 3.63) is 72.9 Å². The van der Waals surface area contributed by atoms with E-state index < -0.39 is 20.0 Å². The monoisotopic (exact) mass is 1210 g/mol. The summed E-state index contributed by atoms with van der Waals surface area (Å²) in [5, 5.41) is 3.07. The number of likely N-dealkylation sites (N-methyl/N-ethyl adjacent to an activating group) is 1. The standard InChI is InChI=1S/C75H139N2O7P/c1-7-10-13-16-19-22-25-28-30-32-34-35-36-37-38-39-40-41-43-45-47-50-53-56-59-62-65-68-75(79)84-73(66-63-60-57-54-51-48-27-24-21-18-15-12-9-3)72(71-83-85(80,81)82-70-69-77(4,5)6)76-74(78)67-64-61-58-55-52-49-46-44-42-33-31-29-26-23-20-17-14-11-8-2/h19,22,28-31,34-35,37-38,63,66,72-73H,7-18,20-21,23-27,32-33,36,39-62,64-65,67-71H2,1-6H3,(H-,76,78,80,81)/p+1/b22-19-,30-28-,31-29+,35-34-,38-37-,66-63-. The third kappa shape index (κ3) is 65.7. The largest absolute Gasteiger partial charge is 0.472 e. The summed E-state index contributed by atoms with van der Waals surface area (Å²) in [6.45, 7) is 7.02. The van der Waals surface area contributed by atoms with Gasteiger partial charge in [0.05, 0.1) is 33.8 Å². The summed E-state index contributed by atoms with van der Waals surface area (Å²) in [6, 6.07) is -0.853. The Hall–Kier alpha value is -2.55. The molecule has 9 nitrogen and oxygen atoms in total. The maximum absolute atomic E-state index is 13.6. The molecule has 0 saturated carbocycles. The summed E-state index contributed by atoms with van der Waals surface area (Å²) in [5.41, 5.74) is 0. The Balaban J connectivity index is 5.07. The molecule has 0 bridgehead atoms. The average molecular weight is 1210 g/mol. The molecule has 1 amide bonds. The molecule has 0 aromatic rings. The number of rotatable bonds is 66. The minimum Gasteiger partial charge on any atom is -0.456 e. The van der Waals surface area contributed by atoms with E-state index in [1.165, 1.54) is 231 Å². The van der Waals surface area contributed by atoms with Crippen LogP contribution in [0.4, 0.5) is 0 Å². The highest BCUT2D eigenvalue weighted by Gasteiger charge is 2.30. The van der Waals surface area contributed by atoms with E-state index in [1.807, 2.05) is 33.3 Å². The van der Waals surface area contributed by atoms with Gasteiger partial charge in [-0.05, 0) is 102 Å². The highest BCUT2D eigenvalue weighted by molar-refractivity contribution is 7.47. The molecule has 0 aromatic carbocycles. The number of amides is 1. The summed E-state index contributed by atoms with van der Waals surface area (Å²) in [7, 11) is 1.50. The van der Waals surface area contributed by atoms with Gasteiger partial charge >= 0.3 is 13.8 Å². The van der Waals surface area contributed by atoms with Gasteiger partial charge in [-0.1, -0.05) is 299 Å². The van der Waals surface area contributed by atoms with Gasteiger partial charge in [0.1, 0.15) is 19.3 Å². The van der Waals surface area contributed by atoms with E-state index in [1.54, 1.807) is 0 Å². The van der Waals surface area contributed by atoms with E-state index in [0.29, 0.717) is 17.4 Å². The van der Waals surface area contributed by atoms with Gasteiger partial charge in [0.2, 0.25) is 5.91 Å². The van der Waals surface area contributed by atoms with E-state index in [-0.39, 0.29) is 31.5 Å². The Bertz CT molecular complexity index is 1680. The highest BCUT2D eigenvalue weighted by atomic mass is 31.2. The van der Waals surface area contributed by atoms with Crippen LogP contribution >= 0.6 is 7.82 Å². The van der Waals surface area contributed by atoms with Crippen molar-refractivity contribution in [2.24, 2.45) is 0 Å². The van der Waals surface area contributed by atoms with Crippen molar-refractivity contribution in [2.45, 2.75) is 354 Å². The number of nitrogens with one attached hydrogen (secondary N) is 1. The first kappa shape index (κ1) is 82.5. The van der Waals surface area contributed by atoms with Crippen LogP contribution in [0.3, 0.4) is 0 Å². The molecule has 0 aliphatic carbocycles. The van der Waals surface area contributed by atoms with Crippen molar-refractivity contribution >= 4 is 19.7 Å². The van der Waals surface area contributed by atoms with Gasteiger partial charge in [0.15, 0.2) is 0 Å². The molecule has 0 aliphatic heterocycles. The zero-order valence-electron chi connectivity index (χ0n) is 56.9. The van der Waals surface area contributed by atoms with Crippen molar-refractivity contribution in [2.75, 3.05) is 40.9 Å². The Labute approximate surface area is 527 Å². The third-order valence-electron chi connectivity index (χ3n) is 16.1. The summed E-state index contributed by atoms with van der Waals surface area (Å²) in [4.78, 5) is 37.9. The molecule has 0 aromatic heterocycles. The van der Waals surface area contributed by atoms with Crippen LogP contribution in [-0.2, 0) is 27.9 Å². The zero-order valence-corrected chi connectivity index (χ0v) is 57.7. The second kappa shape index (κ2) is 64.4. The number of ether oxygens (including phenoxy) is 1. The van der Waals surface area contributed by atoms with E-state index in [9.17, 15) is 19.0 Å². The number of nitrogens with zero attached hydrogens (tertiary/aromatic N) is 1. The van der Waals surface area contributed by atoms with Crippen LogP contribution in [-0.4, -0.2) is 74.3 Å². The molecule has 0 aliphatic rings. The third-order valence-corrected chi connectivity index (χ3v) is 17.1. The number of hydrogen-bond donors (Lipinski definition) is 2. The second-order valence-corrected chi connectivity index (χ2v) is 27.2. The van der Waals surface area contributed by atoms with Gasteiger partial charge < -0.3 is 19.4 Å². The first-order valence-corrected chi connectivity index (χ1v) is 37.8. The molecule has 3 atom stereocenters. The van der Waals surface area contributed by atoms with E-state index >= 15 is 0 Å². The minimum absolute atomic E-state index is 0.0385. The molecule has 0 rings (SSSR count). The molecule has 0 radical (unpaired) electrons. The van der Waals surface area contributed by atoms with Crippen molar-refractivity contribution < 1.29 is 37.3 Å². The van der Waals surface area contributed by atoms with Crippen LogP contribution in [0.1, 0.15) is 342 Å². The number of quaternary nitrogens is 1. The predicted octanol–water partition coefficient (Wildman–Crippen LogP) is 23.1. The molecule has 85 heavy (non-hydrogen) atoms. The fraction of sp³-hybridized carbons (Fsp3) is 0.813. The van der Waals surface area contributed by atoms with Crippen molar-refractivity contribution in [1.82, 2.24) is 5.32 Å². The Morgan fingerprint density at radius 2 is 0.718 bits per heavy atom. The van der Waals surface area contributed by atoms with Crippen molar-refractivity contribution in [1.29, 1.82) is 0 Å². The second-order valence-electron chi connectivity index (χ2n) is 25.8. The number of hydrogen-bond acceptors (Lipinski definition) is 6. The van der Waals surface area contributed by atoms with Crippen LogP contribution in [0.5, 0.6) is 0 Å². The molecule has 496 valence electrons. The number of unbranched alkanes of at least 4 members (excludes halogenated alkanes) is 40. The van der Waals surface area contributed by atoms with E-state index in [2.05, 4.69) is 86.8 Å². The van der Waals surface area contributed by atoms with Gasteiger partial charge in [-0.25, -0.2) is 4.57 Å². The van der Waals surface area contributed by atoms with Gasteiger partial charge in [-0.15, -0.1) is 0 Å². The van der Waals surface area contributed by atoms with Gasteiger partial charge in [-0.3, -0.25) is 18.6 Å². The minimum atomic E-state index is -4.46. The molecular weight excluding hydrogens is 1070 g/mol. The lowest BCUT2D eigenvalue weighted by Gasteiger charge is -2.27. The number of allylic oxidation sites excluding steroid dienone is 11. The van der Waals surface area contributed by atoms with Crippen LogP contribution in [0, 0.1) is 0 Å². The van der Waals surface area contributed by atoms with Gasteiger partial charge in [0, 0.05) is 12.8 Å². The molecule has 0 fully saturated rings. The van der Waals surface area contributed by atoms with Gasteiger partial charge in [-0.2, -0.15) is 0 Å². The quantitative estimate of drug-likeness (QED) is 0.0205. The SMILES string of the molecule is CCCCC/C=C\C/C=C\C/C=C\C/C=C\CCCCCCCCCCCCCC(=O)OC(/C=C\CCCCCCCCCCCCC)C(COP(=O)(O)OCC[N+](C)(C)C)NC(=O)CCCCCCCCCCC/C=C/CCCCCCCC. The highest BCUT2D eigenvalue weighted by Crippen LogP contribution is 2.43. The number of phosphoric ester groups is 1. The number of carbonyl (C=O) groups excluding carboxylic acids is 2. The predicted molar refractivity (Wildman–Crippen MR) is 369 cm³/mol. The summed E-state index contributed by atoms with van der Waals surface area (Å²) >= 11 is 0. The average Bonchev–Trinajstić information content (AvgIpc) is 3.50. The molecular formula is C75H140N2O7P+. The zero-order chi connectivity index (χ0) is 62.1. The number of phosphoric acid groups is 1. The Morgan fingerprint density at radius 3 is 1.11 bits per heavy atom. The molecule has 0 saturated heterocycles. The maximum Gasteiger partial charge on any atom is 0.472 e. The van der Waals surface area contributed by atoms with E-state index in [4.69, 9.17) is 13.8 Å². The maximum atomic E-state index is 13.6. The lowest BCUT2D eigenvalue weighted by Crippen LogP contribution is -2.47. The van der Waals surface area contributed by atoms with Crippen molar-refractivity contribution in [3.63, 3.8) is 0 Å². The van der Waals surface area contributed by atoms with Gasteiger partial charge in [0.25, 0.3) is 0 Å². The topological polar surface area (TPSA) is 111 Å². The molecule has 0 heterocycles. The fourth-order valence-corrected chi connectivity index (χ4v) is 11.2. The lowest BCUT2D eigenvalue weighted by molar-refractivity contribution is -0.870. The fourth-order valence-electron chi connectivity index (χ4n) is 10.5. The molecule has 2 N–H and O–H groups in total. The number of carbonyl (C=O) groups is 2. The van der Waals surface area contributed by atoms with Crippen LogP contribution in [0.2, 0.25) is 0 Å². The summed E-state index contributed by atoms with van der Waals surface area (Å²) < 4.78 is 30.9. The lowest BCUT2D eigenvalue weighted by atomic mass is 10.0.